The zero-order valence-corrected chi connectivity index (χ0v) is 19.4. The van der Waals surface area contributed by atoms with Crippen molar-refractivity contribution in [2.45, 2.75) is 38.0 Å². The van der Waals surface area contributed by atoms with Crippen molar-refractivity contribution in [1.82, 2.24) is 4.31 Å². The van der Waals surface area contributed by atoms with Gasteiger partial charge in [-0.1, -0.05) is 32.9 Å². The van der Waals surface area contributed by atoms with Gasteiger partial charge in [-0.2, -0.15) is 4.31 Å². The number of morpholine rings is 1. The molecule has 0 atom stereocenters. The first-order valence-corrected chi connectivity index (χ1v) is 11.6. The summed E-state index contributed by atoms with van der Waals surface area (Å²) < 4.78 is 43.7. The summed E-state index contributed by atoms with van der Waals surface area (Å²) in [7, 11) is -2.45. The maximum Gasteiger partial charge on any atom is 0.343 e. The number of rotatable bonds is 5. The topological polar surface area (TPSA) is 82.1 Å². The van der Waals surface area contributed by atoms with Crippen molar-refractivity contribution in [3.8, 4) is 11.5 Å². The van der Waals surface area contributed by atoms with Crippen molar-refractivity contribution in [2.24, 2.45) is 0 Å². The molecule has 0 bridgehead atoms. The fraction of sp³-hybridized carbons (Fsp3) is 0.435. The normalized spacial score (nSPS) is 15.5. The molecule has 1 saturated heterocycles. The zero-order chi connectivity index (χ0) is 22.8. The van der Waals surface area contributed by atoms with Crippen molar-refractivity contribution < 1.29 is 27.4 Å². The first kappa shape index (κ1) is 23.2. The molecule has 168 valence electrons. The highest BCUT2D eigenvalue weighted by Crippen LogP contribution is 2.30. The van der Waals surface area contributed by atoms with E-state index in [4.69, 9.17) is 14.2 Å². The lowest BCUT2D eigenvalue weighted by molar-refractivity contribution is 0.0726. The fourth-order valence-electron chi connectivity index (χ4n) is 3.32. The van der Waals surface area contributed by atoms with Crippen LogP contribution in [0.15, 0.2) is 41.3 Å². The average Bonchev–Trinajstić information content (AvgIpc) is 2.74. The summed E-state index contributed by atoms with van der Waals surface area (Å²) in [6, 6.07) is 9.97. The summed E-state index contributed by atoms with van der Waals surface area (Å²) in [6.45, 7) is 9.36. The SMILES string of the molecule is COc1ccc(C(=O)Oc2ccc(C(C)(C)C)cc2C)cc1S(=O)(=O)N1CCOCC1. The Hall–Kier alpha value is -2.42. The third-order valence-electron chi connectivity index (χ3n) is 5.23. The molecule has 2 aromatic rings. The van der Waals surface area contributed by atoms with Crippen LogP contribution in [0, 0.1) is 6.92 Å². The van der Waals surface area contributed by atoms with Gasteiger partial charge in [-0.15, -0.1) is 0 Å². The van der Waals surface area contributed by atoms with Crippen molar-refractivity contribution >= 4 is 16.0 Å². The summed E-state index contributed by atoms with van der Waals surface area (Å²) in [6.07, 6.45) is 0. The number of hydrogen-bond donors (Lipinski definition) is 0. The van der Waals surface area contributed by atoms with E-state index in [0.717, 1.165) is 11.1 Å². The third-order valence-corrected chi connectivity index (χ3v) is 7.15. The lowest BCUT2D eigenvalue weighted by Crippen LogP contribution is -2.40. The molecule has 0 saturated carbocycles. The van der Waals surface area contributed by atoms with Crippen LogP contribution in [0.25, 0.3) is 0 Å². The molecule has 31 heavy (non-hydrogen) atoms. The molecule has 0 N–H and O–H groups in total. The van der Waals surface area contributed by atoms with Gasteiger partial charge in [0.25, 0.3) is 0 Å². The highest BCUT2D eigenvalue weighted by Gasteiger charge is 2.30. The summed E-state index contributed by atoms with van der Waals surface area (Å²) in [4.78, 5) is 12.7. The van der Waals surface area contributed by atoms with Crippen molar-refractivity contribution in [3.63, 3.8) is 0 Å². The van der Waals surface area contributed by atoms with Gasteiger partial charge in [0.15, 0.2) is 0 Å². The second-order valence-corrected chi connectivity index (χ2v) is 10.4. The molecule has 0 unspecified atom stereocenters. The molecule has 0 aliphatic carbocycles. The van der Waals surface area contributed by atoms with E-state index < -0.39 is 16.0 Å². The van der Waals surface area contributed by atoms with Crippen LogP contribution in [0.5, 0.6) is 11.5 Å². The molecule has 0 spiro atoms. The summed E-state index contributed by atoms with van der Waals surface area (Å²) in [5.74, 6) is -0.0205. The molecular weight excluding hydrogens is 418 g/mol. The van der Waals surface area contributed by atoms with E-state index in [1.165, 1.54) is 29.6 Å². The molecule has 1 aliphatic rings. The number of benzene rings is 2. The van der Waals surface area contributed by atoms with Crippen LogP contribution in [0.4, 0.5) is 0 Å². The number of nitrogens with zero attached hydrogens (tertiary/aromatic N) is 1. The Morgan fingerprint density at radius 3 is 2.26 bits per heavy atom. The van der Waals surface area contributed by atoms with Crippen LogP contribution in [0.1, 0.15) is 42.3 Å². The van der Waals surface area contributed by atoms with Crippen LogP contribution < -0.4 is 9.47 Å². The van der Waals surface area contributed by atoms with Crippen LogP contribution >= 0.6 is 0 Å². The molecule has 2 aromatic carbocycles. The van der Waals surface area contributed by atoms with Crippen LogP contribution in [-0.4, -0.2) is 52.1 Å². The highest BCUT2D eigenvalue weighted by atomic mass is 32.2. The number of aryl methyl sites for hydroxylation is 1. The smallest absolute Gasteiger partial charge is 0.343 e. The Balaban J connectivity index is 1.90. The van der Waals surface area contributed by atoms with E-state index in [9.17, 15) is 13.2 Å². The minimum absolute atomic E-state index is 0.0218. The number of esters is 1. The molecule has 0 amide bonds. The van der Waals surface area contributed by atoms with Gasteiger partial charge in [-0.3, -0.25) is 0 Å². The van der Waals surface area contributed by atoms with Crippen molar-refractivity contribution in [1.29, 1.82) is 0 Å². The maximum absolute atomic E-state index is 13.1. The summed E-state index contributed by atoms with van der Waals surface area (Å²) in [5, 5.41) is 0. The minimum atomic E-state index is -3.84. The van der Waals surface area contributed by atoms with E-state index in [1.807, 2.05) is 19.1 Å². The molecule has 8 heteroatoms. The molecule has 0 aromatic heterocycles. The van der Waals surface area contributed by atoms with E-state index in [0.29, 0.717) is 19.0 Å². The Bertz CT molecular complexity index is 1070. The Labute approximate surface area is 184 Å². The summed E-state index contributed by atoms with van der Waals surface area (Å²) in [5.41, 5.74) is 2.07. The second kappa shape index (κ2) is 8.98. The lowest BCUT2D eigenvalue weighted by atomic mass is 9.86. The lowest BCUT2D eigenvalue weighted by Gasteiger charge is -2.26. The highest BCUT2D eigenvalue weighted by molar-refractivity contribution is 7.89. The molecule has 1 heterocycles. The first-order chi connectivity index (χ1) is 14.5. The predicted octanol–water partition coefficient (Wildman–Crippen LogP) is 3.54. The van der Waals surface area contributed by atoms with E-state index >= 15 is 0 Å². The van der Waals surface area contributed by atoms with Crippen LogP contribution in [0.2, 0.25) is 0 Å². The average molecular weight is 448 g/mol. The monoisotopic (exact) mass is 447 g/mol. The number of sulfonamides is 1. The second-order valence-electron chi connectivity index (χ2n) is 8.50. The standard InChI is InChI=1S/C23H29NO6S/c1-16-14-18(23(2,3)4)7-9-19(16)30-22(25)17-6-8-20(28-5)21(15-17)31(26,27)24-10-12-29-13-11-24/h6-9,14-15H,10-13H2,1-5H3. The van der Waals surface area contributed by atoms with Gasteiger partial charge in [-0.25, -0.2) is 13.2 Å². The Kier molecular flexibility index (Phi) is 6.73. The van der Waals surface area contributed by atoms with Gasteiger partial charge in [0, 0.05) is 13.1 Å². The zero-order valence-electron chi connectivity index (χ0n) is 18.6. The van der Waals surface area contributed by atoms with Gasteiger partial charge in [0.2, 0.25) is 10.0 Å². The molecule has 7 nitrogen and oxygen atoms in total. The number of carbonyl (C=O) groups excluding carboxylic acids is 1. The van der Waals surface area contributed by atoms with Gasteiger partial charge < -0.3 is 14.2 Å². The number of carbonyl (C=O) groups is 1. The van der Waals surface area contributed by atoms with Crippen LogP contribution in [0.3, 0.4) is 0 Å². The van der Waals surface area contributed by atoms with E-state index in [2.05, 4.69) is 20.8 Å². The maximum atomic E-state index is 13.1. The predicted molar refractivity (Wildman–Crippen MR) is 117 cm³/mol. The van der Waals surface area contributed by atoms with Gasteiger partial charge >= 0.3 is 5.97 Å². The summed E-state index contributed by atoms with van der Waals surface area (Å²) >= 11 is 0. The first-order valence-electron chi connectivity index (χ1n) is 10.1. The Morgan fingerprint density at radius 2 is 1.68 bits per heavy atom. The Morgan fingerprint density at radius 1 is 1.03 bits per heavy atom. The van der Waals surface area contributed by atoms with Gasteiger partial charge in [0.05, 0.1) is 25.9 Å². The molecule has 1 aliphatic heterocycles. The third kappa shape index (κ3) is 5.08. The van der Waals surface area contributed by atoms with Gasteiger partial charge in [-0.05, 0) is 47.7 Å². The minimum Gasteiger partial charge on any atom is -0.495 e. The van der Waals surface area contributed by atoms with E-state index in [1.54, 1.807) is 6.07 Å². The number of methoxy groups -OCH3 is 1. The quantitative estimate of drug-likeness (QED) is 0.515. The van der Waals surface area contributed by atoms with Gasteiger partial charge in [0.1, 0.15) is 16.4 Å². The number of hydrogen-bond acceptors (Lipinski definition) is 6. The molecule has 1 fully saturated rings. The van der Waals surface area contributed by atoms with Crippen LogP contribution in [-0.2, 0) is 20.2 Å². The van der Waals surface area contributed by atoms with Crippen molar-refractivity contribution in [2.75, 3.05) is 33.4 Å². The van der Waals surface area contributed by atoms with E-state index in [-0.39, 0.29) is 34.7 Å². The fourth-order valence-corrected chi connectivity index (χ4v) is 4.91. The molecule has 0 radical (unpaired) electrons. The number of ether oxygens (including phenoxy) is 3. The van der Waals surface area contributed by atoms with Crippen molar-refractivity contribution in [3.05, 3.63) is 53.1 Å². The molecular formula is C23H29NO6S. The molecule has 3 rings (SSSR count). The largest absolute Gasteiger partial charge is 0.495 e.